The van der Waals surface area contributed by atoms with Gasteiger partial charge in [-0.15, -0.1) is 11.6 Å². The van der Waals surface area contributed by atoms with Crippen molar-refractivity contribution < 1.29 is 0 Å². The largest absolute Gasteiger partial charge is 0.226 e. The molecule has 11 heavy (non-hydrogen) atoms. The molecule has 2 nitrogen and oxygen atoms in total. The summed E-state index contributed by atoms with van der Waals surface area (Å²) in [5.41, 5.74) is 0.898. The van der Waals surface area contributed by atoms with Crippen LogP contribution in [0.15, 0.2) is 18.5 Å². The maximum atomic E-state index is 5.47. The van der Waals surface area contributed by atoms with Gasteiger partial charge in [-0.2, -0.15) is 0 Å². The summed E-state index contributed by atoms with van der Waals surface area (Å²) in [4.78, 5) is 7.58. The molecule has 0 atom stereocenters. The number of aromatic nitrogens is 2. The smallest absolute Gasteiger partial charge is 0.222 e. The van der Waals surface area contributed by atoms with Crippen LogP contribution in [0.3, 0.4) is 0 Å². The standard InChI is InChI=1S/C7H6Cl2N2/c8-3-1-2-6-4-10-7(9)11-5-6/h1-2,4-5H,3H2. The lowest BCUT2D eigenvalue weighted by atomic mass is 10.3. The van der Waals surface area contributed by atoms with E-state index in [2.05, 4.69) is 9.97 Å². The number of nitrogens with zero attached hydrogens (tertiary/aromatic N) is 2. The van der Waals surface area contributed by atoms with Crippen LogP contribution in [0.4, 0.5) is 0 Å². The molecule has 0 aliphatic heterocycles. The summed E-state index contributed by atoms with van der Waals surface area (Å²) in [5.74, 6) is 0.489. The summed E-state index contributed by atoms with van der Waals surface area (Å²) < 4.78 is 0. The summed E-state index contributed by atoms with van der Waals surface area (Å²) in [6.45, 7) is 0. The summed E-state index contributed by atoms with van der Waals surface area (Å²) in [6.07, 6.45) is 6.92. The van der Waals surface area contributed by atoms with Crippen LogP contribution in [-0.2, 0) is 0 Å². The number of allylic oxidation sites excluding steroid dienone is 1. The van der Waals surface area contributed by atoms with Crippen molar-refractivity contribution in [2.24, 2.45) is 0 Å². The predicted octanol–water partition coefficient (Wildman–Crippen LogP) is 2.38. The van der Waals surface area contributed by atoms with Crippen molar-refractivity contribution in [3.8, 4) is 0 Å². The summed E-state index contributed by atoms with van der Waals surface area (Å²) >= 11 is 10.9. The lowest BCUT2D eigenvalue weighted by Crippen LogP contribution is -1.81. The number of halogens is 2. The molecule has 0 aromatic carbocycles. The summed E-state index contributed by atoms with van der Waals surface area (Å²) in [7, 11) is 0. The second kappa shape index (κ2) is 4.31. The number of hydrogen-bond donors (Lipinski definition) is 0. The van der Waals surface area contributed by atoms with Crippen LogP contribution in [0.2, 0.25) is 5.28 Å². The van der Waals surface area contributed by atoms with E-state index in [1.807, 2.05) is 12.2 Å². The van der Waals surface area contributed by atoms with Gasteiger partial charge >= 0.3 is 0 Å². The average molecular weight is 189 g/mol. The Balaban J connectivity index is 2.73. The van der Waals surface area contributed by atoms with E-state index in [4.69, 9.17) is 23.2 Å². The number of rotatable bonds is 2. The zero-order valence-corrected chi connectivity index (χ0v) is 7.18. The maximum Gasteiger partial charge on any atom is 0.222 e. The third-order valence-electron chi connectivity index (χ3n) is 1.04. The molecule has 1 heterocycles. The molecule has 0 unspecified atom stereocenters. The Morgan fingerprint density at radius 3 is 2.55 bits per heavy atom. The molecule has 0 N–H and O–H groups in total. The fraction of sp³-hybridized carbons (Fsp3) is 0.143. The van der Waals surface area contributed by atoms with E-state index in [-0.39, 0.29) is 5.28 Å². The molecular formula is C7H6Cl2N2. The van der Waals surface area contributed by atoms with Crippen molar-refractivity contribution in [1.29, 1.82) is 0 Å². The van der Waals surface area contributed by atoms with Crippen LogP contribution in [0, 0.1) is 0 Å². The maximum absolute atomic E-state index is 5.47. The van der Waals surface area contributed by atoms with E-state index in [9.17, 15) is 0 Å². The molecular weight excluding hydrogens is 183 g/mol. The van der Waals surface area contributed by atoms with Crippen LogP contribution >= 0.6 is 23.2 Å². The highest BCUT2D eigenvalue weighted by Gasteiger charge is 1.88. The van der Waals surface area contributed by atoms with Gasteiger partial charge in [0.2, 0.25) is 5.28 Å². The molecule has 0 spiro atoms. The Morgan fingerprint density at radius 2 is 2.00 bits per heavy atom. The van der Waals surface area contributed by atoms with Crippen molar-refractivity contribution in [2.75, 3.05) is 5.88 Å². The van der Waals surface area contributed by atoms with Crippen molar-refractivity contribution in [2.45, 2.75) is 0 Å². The molecule has 0 bridgehead atoms. The lowest BCUT2D eigenvalue weighted by molar-refractivity contribution is 1.16. The molecule has 0 radical (unpaired) electrons. The second-order valence-electron chi connectivity index (χ2n) is 1.84. The third kappa shape index (κ3) is 2.87. The van der Waals surface area contributed by atoms with Crippen LogP contribution in [-0.4, -0.2) is 15.8 Å². The van der Waals surface area contributed by atoms with Crippen molar-refractivity contribution in [1.82, 2.24) is 9.97 Å². The van der Waals surface area contributed by atoms with Gasteiger partial charge in [-0.1, -0.05) is 12.2 Å². The Kier molecular flexibility index (Phi) is 3.33. The molecule has 58 valence electrons. The van der Waals surface area contributed by atoms with E-state index in [0.717, 1.165) is 5.56 Å². The third-order valence-corrected chi connectivity index (χ3v) is 1.41. The van der Waals surface area contributed by atoms with Gasteiger partial charge in [0.05, 0.1) is 0 Å². The van der Waals surface area contributed by atoms with Gasteiger partial charge in [0.15, 0.2) is 0 Å². The molecule has 0 amide bonds. The first-order chi connectivity index (χ1) is 5.33. The minimum Gasteiger partial charge on any atom is -0.226 e. The fourth-order valence-corrected chi connectivity index (χ4v) is 0.776. The van der Waals surface area contributed by atoms with Crippen LogP contribution in [0.1, 0.15) is 5.56 Å². The van der Waals surface area contributed by atoms with Crippen LogP contribution in [0.25, 0.3) is 6.08 Å². The van der Waals surface area contributed by atoms with E-state index in [1.54, 1.807) is 12.4 Å². The van der Waals surface area contributed by atoms with E-state index < -0.39 is 0 Å². The SMILES string of the molecule is ClCC=Cc1cnc(Cl)nc1. The Morgan fingerprint density at radius 1 is 1.36 bits per heavy atom. The zero-order chi connectivity index (χ0) is 8.10. The first-order valence-electron chi connectivity index (χ1n) is 3.03. The zero-order valence-electron chi connectivity index (χ0n) is 5.67. The molecule has 4 heteroatoms. The van der Waals surface area contributed by atoms with Crippen molar-refractivity contribution in [3.05, 3.63) is 29.3 Å². The number of hydrogen-bond acceptors (Lipinski definition) is 2. The average Bonchev–Trinajstić information content (AvgIpc) is 2.04. The molecule has 0 aliphatic rings. The highest BCUT2D eigenvalue weighted by Crippen LogP contribution is 2.02. The molecule has 0 saturated carbocycles. The summed E-state index contributed by atoms with van der Waals surface area (Å²) in [5, 5.41) is 0.257. The molecule has 1 rings (SSSR count). The number of alkyl halides is 1. The van der Waals surface area contributed by atoms with Gasteiger partial charge < -0.3 is 0 Å². The molecule has 1 aromatic rings. The monoisotopic (exact) mass is 188 g/mol. The van der Waals surface area contributed by atoms with E-state index in [0.29, 0.717) is 5.88 Å². The lowest BCUT2D eigenvalue weighted by Gasteiger charge is -1.89. The Hall–Kier alpha value is -0.600. The highest BCUT2D eigenvalue weighted by molar-refractivity contribution is 6.28. The Bertz CT molecular complexity index is 243. The van der Waals surface area contributed by atoms with Gasteiger partial charge in [0, 0.05) is 23.8 Å². The molecule has 0 fully saturated rings. The van der Waals surface area contributed by atoms with Crippen LogP contribution < -0.4 is 0 Å². The van der Waals surface area contributed by atoms with Gasteiger partial charge in [-0.25, -0.2) is 9.97 Å². The first-order valence-corrected chi connectivity index (χ1v) is 3.94. The van der Waals surface area contributed by atoms with Gasteiger partial charge in [0.25, 0.3) is 0 Å². The second-order valence-corrected chi connectivity index (χ2v) is 2.49. The van der Waals surface area contributed by atoms with Gasteiger partial charge in [-0.3, -0.25) is 0 Å². The summed E-state index contributed by atoms with van der Waals surface area (Å²) in [6, 6.07) is 0. The highest BCUT2D eigenvalue weighted by atomic mass is 35.5. The normalized spacial score (nSPS) is 10.7. The molecule has 1 aromatic heterocycles. The van der Waals surface area contributed by atoms with Gasteiger partial charge in [-0.05, 0) is 11.6 Å². The topological polar surface area (TPSA) is 25.8 Å². The molecule has 0 aliphatic carbocycles. The Labute approximate surface area is 74.9 Å². The fourth-order valence-electron chi connectivity index (χ4n) is 0.589. The minimum absolute atomic E-state index is 0.257. The minimum atomic E-state index is 0.257. The van der Waals surface area contributed by atoms with Crippen LogP contribution in [0.5, 0.6) is 0 Å². The van der Waals surface area contributed by atoms with Crippen molar-refractivity contribution >= 4 is 29.3 Å². The predicted molar refractivity (Wildman–Crippen MR) is 46.8 cm³/mol. The van der Waals surface area contributed by atoms with Crippen molar-refractivity contribution in [3.63, 3.8) is 0 Å². The van der Waals surface area contributed by atoms with E-state index in [1.165, 1.54) is 0 Å². The molecule has 0 saturated heterocycles. The quantitative estimate of drug-likeness (QED) is 0.527. The van der Waals surface area contributed by atoms with E-state index >= 15 is 0 Å². The van der Waals surface area contributed by atoms with Gasteiger partial charge in [0.1, 0.15) is 0 Å². The first kappa shape index (κ1) is 8.50.